The van der Waals surface area contributed by atoms with Gasteiger partial charge in [-0.2, -0.15) is 0 Å². The van der Waals surface area contributed by atoms with Crippen molar-refractivity contribution in [3.05, 3.63) is 53.2 Å². The molecule has 0 saturated carbocycles. The van der Waals surface area contributed by atoms with Crippen LogP contribution < -0.4 is 10.9 Å². The largest absolute Gasteiger partial charge is 0.461 e. The Bertz CT molecular complexity index is 926. The maximum atomic E-state index is 12.0. The van der Waals surface area contributed by atoms with Crippen molar-refractivity contribution in [2.75, 3.05) is 5.75 Å². The minimum Gasteiger partial charge on any atom is -0.461 e. The second-order valence-electron chi connectivity index (χ2n) is 5.11. The van der Waals surface area contributed by atoms with E-state index in [2.05, 4.69) is 21.0 Å². The van der Waals surface area contributed by atoms with Crippen molar-refractivity contribution in [1.82, 2.24) is 25.6 Å². The molecule has 2 aromatic heterocycles. The number of thioether (sulfide) groups is 1. The first-order valence-corrected chi connectivity index (χ1v) is 8.82. The van der Waals surface area contributed by atoms with Crippen LogP contribution >= 0.6 is 23.4 Å². The van der Waals surface area contributed by atoms with E-state index in [1.54, 1.807) is 54.3 Å². The van der Waals surface area contributed by atoms with Gasteiger partial charge in [-0.1, -0.05) is 35.5 Å². The monoisotopic (exact) mass is 391 g/mol. The van der Waals surface area contributed by atoms with Gasteiger partial charge in [-0.15, -0.1) is 10.2 Å². The molecule has 0 aliphatic carbocycles. The molecule has 2 heterocycles. The van der Waals surface area contributed by atoms with Crippen LogP contribution in [0.25, 0.3) is 11.6 Å². The molecule has 0 aliphatic rings. The van der Waals surface area contributed by atoms with Crippen molar-refractivity contribution in [2.24, 2.45) is 7.05 Å². The van der Waals surface area contributed by atoms with Crippen LogP contribution in [-0.4, -0.2) is 32.3 Å². The molecule has 1 aromatic carbocycles. The highest BCUT2D eigenvalue weighted by atomic mass is 35.5. The Morgan fingerprint density at radius 2 is 2.00 bits per heavy atom. The molecule has 0 saturated heterocycles. The van der Waals surface area contributed by atoms with Gasteiger partial charge in [0.1, 0.15) is 0 Å². The van der Waals surface area contributed by atoms with Crippen molar-refractivity contribution in [2.45, 2.75) is 5.16 Å². The normalized spacial score (nSPS) is 10.5. The average molecular weight is 392 g/mol. The van der Waals surface area contributed by atoms with Crippen molar-refractivity contribution in [1.29, 1.82) is 0 Å². The molecule has 10 heteroatoms. The lowest BCUT2D eigenvalue weighted by Gasteiger charge is -2.08. The van der Waals surface area contributed by atoms with Gasteiger partial charge in [0.2, 0.25) is 5.91 Å². The SMILES string of the molecule is Cn1c(SCC(=O)NNC(=O)c2ccccc2Cl)nnc1-c1ccco1. The van der Waals surface area contributed by atoms with Gasteiger partial charge in [0, 0.05) is 7.05 Å². The van der Waals surface area contributed by atoms with Gasteiger partial charge in [-0.25, -0.2) is 0 Å². The van der Waals surface area contributed by atoms with Crippen LogP contribution in [0.1, 0.15) is 10.4 Å². The summed E-state index contributed by atoms with van der Waals surface area (Å²) in [7, 11) is 1.78. The van der Waals surface area contributed by atoms with Gasteiger partial charge in [-0.3, -0.25) is 20.4 Å². The van der Waals surface area contributed by atoms with E-state index in [1.807, 2.05) is 0 Å². The topological polar surface area (TPSA) is 102 Å². The van der Waals surface area contributed by atoms with Crippen LogP contribution in [-0.2, 0) is 11.8 Å². The number of carbonyl (C=O) groups is 2. The zero-order valence-corrected chi connectivity index (χ0v) is 15.2. The van der Waals surface area contributed by atoms with Crippen molar-refractivity contribution >= 4 is 35.2 Å². The first-order chi connectivity index (χ1) is 12.6. The van der Waals surface area contributed by atoms with Crippen LogP contribution in [0.3, 0.4) is 0 Å². The Morgan fingerprint density at radius 1 is 1.19 bits per heavy atom. The van der Waals surface area contributed by atoms with Crippen LogP contribution in [0.5, 0.6) is 0 Å². The van der Waals surface area contributed by atoms with Crippen LogP contribution in [0, 0.1) is 0 Å². The molecule has 0 atom stereocenters. The second-order valence-corrected chi connectivity index (χ2v) is 6.46. The molecule has 3 aromatic rings. The summed E-state index contributed by atoms with van der Waals surface area (Å²) < 4.78 is 7.01. The molecule has 2 N–H and O–H groups in total. The molecule has 0 radical (unpaired) electrons. The Morgan fingerprint density at radius 3 is 2.73 bits per heavy atom. The lowest BCUT2D eigenvalue weighted by molar-refractivity contribution is -0.119. The smallest absolute Gasteiger partial charge is 0.271 e. The van der Waals surface area contributed by atoms with E-state index < -0.39 is 11.8 Å². The Hall–Kier alpha value is -2.78. The molecule has 8 nitrogen and oxygen atoms in total. The summed E-state index contributed by atoms with van der Waals surface area (Å²) in [6.45, 7) is 0. The second kappa shape index (κ2) is 8.07. The fraction of sp³-hybridized carbons (Fsp3) is 0.125. The molecule has 134 valence electrons. The summed E-state index contributed by atoms with van der Waals surface area (Å²) in [5.74, 6) is 0.311. The number of hydrazine groups is 1. The van der Waals surface area contributed by atoms with E-state index in [9.17, 15) is 9.59 Å². The maximum Gasteiger partial charge on any atom is 0.271 e. The summed E-state index contributed by atoms with van der Waals surface area (Å²) in [4.78, 5) is 23.9. The lowest BCUT2D eigenvalue weighted by Crippen LogP contribution is -2.42. The van der Waals surface area contributed by atoms with E-state index in [-0.39, 0.29) is 11.3 Å². The summed E-state index contributed by atoms with van der Waals surface area (Å²) in [6, 6.07) is 10.1. The third kappa shape index (κ3) is 4.06. The highest BCUT2D eigenvalue weighted by Gasteiger charge is 2.15. The first kappa shape index (κ1) is 18.0. The summed E-state index contributed by atoms with van der Waals surface area (Å²) in [6.07, 6.45) is 1.55. The van der Waals surface area contributed by atoms with Crippen molar-refractivity contribution in [3.63, 3.8) is 0 Å². The summed E-state index contributed by atoms with van der Waals surface area (Å²) in [5, 5.41) is 8.92. The number of amides is 2. The van der Waals surface area contributed by atoms with E-state index in [0.29, 0.717) is 21.8 Å². The standard InChI is InChI=1S/C16H14ClN5O3S/c1-22-14(12-7-4-8-25-12)19-21-16(22)26-9-13(23)18-20-15(24)10-5-2-3-6-11(10)17/h2-8H,9H2,1H3,(H,18,23)(H,20,24). The number of furan rings is 1. The molecule has 3 rings (SSSR count). The van der Waals surface area contributed by atoms with E-state index in [4.69, 9.17) is 16.0 Å². The molecule has 0 fully saturated rings. The predicted molar refractivity (Wildman–Crippen MR) is 96.5 cm³/mol. The minimum absolute atomic E-state index is 0.0485. The molecule has 2 amide bonds. The molecule has 0 spiro atoms. The molecule has 0 unspecified atom stereocenters. The first-order valence-electron chi connectivity index (χ1n) is 7.46. The number of rotatable bonds is 5. The summed E-state index contributed by atoms with van der Waals surface area (Å²) in [5.41, 5.74) is 4.94. The van der Waals surface area contributed by atoms with Gasteiger partial charge in [0.05, 0.1) is 22.6 Å². The average Bonchev–Trinajstić information content (AvgIpc) is 3.28. The van der Waals surface area contributed by atoms with Gasteiger partial charge in [0.15, 0.2) is 16.7 Å². The number of nitrogens with one attached hydrogen (secondary N) is 2. The number of nitrogens with zero attached hydrogens (tertiary/aromatic N) is 3. The minimum atomic E-state index is -0.493. The third-order valence-corrected chi connectivity index (χ3v) is 4.69. The zero-order chi connectivity index (χ0) is 18.5. The van der Waals surface area contributed by atoms with Gasteiger partial charge < -0.3 is 8.98 Å². The number of aromatic nitrogens is 3. The molecule has 0 aliphatic heterocycles. The van der Waals surface area contributed by atoms with Crippen LogP contribution in [0.4, 0.5) is 0 Å². The fourth-order valence-corrected chi connectivity index (χ4v) is 3.00. The predicted octanol–water partition coefficient (Wildman–Crippen LogP) is 2.28. The molecular weight excluding hydrogens is 378 g/mol. The highest BCUT2D eigenvalue weighted by Crippen LogP contribution is 2.22. The number of hydrogen-bond acceptors (Lipinski definition) is 6. The fourth-order valence-electron chi connectivity index (χ4n) is 2.07. The lowest BCUT2D eigenvalue weighted by atomic mass is 10.2. The van der Waals surface area contributed by atoms with Crippen LogP contribution in [0.2, 0.25) is 5.02 Å². The van der Waals surface area contributed by atoms with E-state index in [1.165, 1.54) is 11.8 Å². The molecular formula is C16H14ClN5O3S. The number of hydrogen-bond donors (Lipinski definition) is 2. The quantitative estimate of drug-likeness (QED) is 0.511. The zero-order valence-electron chi connectivity index (χ0n) is 13.6. The highest BCUT2D eigenvalue weighted by molar-refractivity contribution is 7.99. The van der Waals surface area contributed by atoms with Crippen LogP contribution in [0.15, 0.2) is 52.2 Å². The number of carbonyl (C=O) groups excluding carboxylic acids is 2. The Labute approximate surface area is 157 Å². The Kier molecular flexibility index (Phi) is 5.59. The molecule has 26 heavy (non-hydrogen) atoms. The third-order valence-electron chi connectivity index (χ3n) is 3.34. The van der Waals surface area contributed by atoms with Gasteiger partial charge >= 0.3 is 0 Å². The Balaban J connectivity index is 1.52. The maximum absolute atomic E-state index is 12.0. The van der Waals surface area contributed by atoms with E-state index in [0.717, 1.165) is 0 Å². The number of halogens is 1. The number of benzene rings is 1. The van der Waals surface area contributed by atoms with Gasteiger partial charge in [-0.05, 0) is 24.3 Å². The summed E-state index contributed by atoms with van der Waals surface area (Å²) >= 11 is 7.12. The van der Waals surface area contributed by atoms with E-state index >= 15 is 0 Å². The van der Waals surface area contributed by atoms with Crippen molar-refractivity contribution < 1.29 is 14.0 Å². The van der Waals surface area contributed by atoms with Crippen molar-refractivity contribution in [3.8, 4) is 11.6 Å². The van der Waals surface area contributed by atoms with Gasteiger partial charge in [0.25, 0.3) is 5.91 Å². The molecule has 0 bridgehead atoms.